The second-order valence-electron chi connectivity index (χ2n) is 6.72. The number of para-hydroxylation sites is 1. The summed E-state index contributed by atoms with van der Waals surface area (Å²) >= 11 is 0. The van der Waals surface area contributed by atoms with E-state index in [0.29, 0.717) is 5.75 Å². The average molecular weight is 363 g/mol. The van der Waals surface area contributed by atoms with Crippen LogP contribution in [0.15, 0.2) is 97.1 Å². The van der Waals surface area contributed by atoms with Crippen molar-refractivity contribution in [3.8, 4) is 22.6 Å². The quantitative estimate of drug-likeness (QED) is 0.452. The van der Waals surface area contributed by atoms with E-state index in [4.69, 9.17) is 9.68 Å². The first-order chi connectivity index (χ1) is 13.8. The van der Waals surface area contributed by atoms with Crippen LogP contribution in [0.25, 0.3) is 38.6 Å². The van der Waals surface area contributed by atoms with Crippen LogP contribution in [0.4, 0.5) is 0 Å². The van der Waals surface area contributed by atoms with Gasteiger partial charge in [0, 0.05) is 16.5 Å². The number of fused-ring (bicyclic) bond motifs is 3. The molecule has 0 atom stereocenters. The third-order valence-electron chi connectivity index (χ3n) is 5.11. The third kappa shape index (κ3) is 2.75. The number of rotatable bonds is 4. The molecule has 0 fully saturated rings. The van der Waals surface area contributed by atoms with E-state index >= 15 is 0 Å². The first kappa shape index (κ1) is 16.7. The minimum absolute atomic E-state index is 0.328. The van der Waals surface area contributed by atoms with Crippen LogP contribution in [-0.2, 0) is 0 Å². The van der Waals surface area contributed by atoms with Gasteiger partial charge in [0.1, 0.15) is 5.75 Å². The molecule has 3 nitrogen and oxygen atoms in total. The molecule has 0 spiro atoms. The first-order valence-electron chi connectivity index (χ1n) is 9.28. The highest BCUT2D eigenvalue weighted by Crippen LogP contribution is 2.34. The zero-order valence-corrected chi connectivity index (χ0v) is 15.2. The second-order valence-corrected chi connectivity index (χ2v) is 6.72. The minimum Gasteiger partial charge on any atom is -0.539 e. The van der Waals surface area contributed by atoms with Crippen molar-refractivity contribution < 1.29 is 9.68 Å². The molecule has 0 bridgehead atoms. The van der Waals surface area contributed by atoms with E-state index in [2.05, 4.69) is 71.3 Å². The molecular weight excluding hydrogens is 345 g/mol. The van der Waals surface area contributed by atoms with Crippen LogP contribution in [0.3, 0.4) is 0 Å². The van der Waals surface area contributed by atoms with Crippen molar-refractivity contribution >= 4 is 29.5 Å². The van der Waals surface area contributed by atoms with Crippen molar-refractivity contribution in [3.05, 3.63) is 97.1 Å². The van der Waals surface area contributed by atoms with Crippen LogP contribution >= 0.6 is 0 Å². The molecule has 0 aliphatic rings. The molecule has 5 rings (SSSR count). The zero-order valence-electron chi connectivity index (χ0n) is 15.2. The normalized spacial score (nSPS) is 11.0. The van der Waals surface area contributed by atoms with Gasteiger partial charge in [-0.05, 0) is 47.5 Å². The van der Waals surface area contributed by atoms with Gasteiger partial charge in [-0.15, -0.1) is 0 Å². The summed E-state index contributed by atoms with van der Waals surface area (Å²) in [6.07, 6.45) is 0. The molecule has 0 saturated heterocycles. The first-order valence-corrected chi connectivity index (χ1v) is 9.28. The van der Waals surface area contributed by atoms with E-state index in [-0.39, 0.29) is 7.69 Å². The average Bonchev–Trinajstić information content (AvgIpc) is 3.09. The molecule has 0 unspecified atom stereocenters. The van der Waals surface area contributed by atoms with Crippen molar-refractivity contribution in [2.45, 2.75) is 0 Å². The number of benzene rings is 4. The number of nitrogens with zero attached hydrogens (tertiary/aromatic N) is 1. The highest BCUT2D eigenvalue weighted by atomic mass is 16.5. The lowest BCUT2D eigenvalue weighted by molar-refractivity contribution is 0.454. The third-order valence-corrected chi connectivity index (χ3v) is 5.11. The summed E-state index contributed by atoms with van der Waals surface area (Å²) in [7, 11) is -0.328. The lowest BCUT2D eigenvalue weighted by Gasteiger charge is -2.10. The van der Waals surface area contributed by atoms with Crippen LogP contribution in [0, 0.1) is 0 Å². The molecule has 134 valence electrons. The Morgan fingerprint density at radius 2 is 1.32 bits per heavy atom. The molecule has 0 radical (unpaired) electrons. The predicted octanol–water partition coefficient (Wildman–Crippen LogP) is 5.09. The number of hydrogen-bond donors (Lipinski definition) is 1. The van der Waals surface area contributed by atoms with Gasteiger partial charge in [0.15, 0.2) is 0 Å². The van der Waals surface area contributed by atoms with Crippen LogP contribution in [-0.4, -0.2) is 17.3 Å². The molecule has 1 N–H and O–H groups in total. The number of hydrogen-bond acceptors (Lipinski definition) is 2. The maximum Gasteiger partial charge on any atom is 0.504 e. The fourth-order valence-corrected chi connectivity index (χ4v) is 3.83. The summed E-state index contributed by atoms with van der Waals surface area (Å²) in [5, 5.41) is 11.3. The summed E-state index contributed by atoms with van der Waals surface area (Å²) < 4.78 is 7.55. The Bertz CT molecular complexity index is 1260. The van der Waals surface area contributed by atoms with Crippen LogP contribution in [0.5, 0.6) is 5.75 Å². The van der Waals surface area contributed by atoms with Gasteiger partial charge in [0.05, 0.1) is 11.0 Å². The Morgan fingerprint density at radius 1 is 0.643 bits per heavy atom. The van der Waals surface area contributed by atoms with Crippen LogP contribution in [0.2, 0.25) is 0 Å². The molecule has 4 heteroatoms. The Balaban J connectivity index is 1.69. The molecule has 4 aromatic carbocycles. The lowest BCUT2D eigenvalue weighted by Crippen LogP contribution is -1.99. The van der Waals surface area contributed by atoms with Gasteiger partial charge in [-0.2, -0.15) is 0 Å². The predicted molar refractivity (Wildman–Crippen MR) is 116 cm³/mol. The smallest absolute Gasteiger partial charge is 0.504 e. The maximum atomic E-state index is 9.08. The maximum absolute atomic E-state index is 9.08. The van der Waals surface area contributed by atoms with E-state index < -0.39 is 0 Å². The summed E-state index contributed by atoms with van der Waals surface area (Å²) in [6, 6.07) is 33.3. The second kappa shape index (κ2) is 6.91. The molecule has 0 aliphatic heterocycles. The standard InChI is InChI=1S/C24H18BNO2/c27-25-28-20-14-15-24-22(16-20)21-8-4-5-9-23(21)26(24)19-12-10-18(11-13-19)17-6-2-1-3-7-17/h1-16,25,27H. The monoisotopic (exact) mass is 363 g/mol. The fraction of sp³-hybridized carbons (Fsp3) is 0. The summed E-state index contributed by atoms with van der Waals surface area (Å²) in [4.78, 5) is 0. The Morgan fingerprint density at radius 3 is 2.11 bits per heavy atom. The van der Waals surface area contributed by atoms with Gasteiger partial charge >= 0.3 is 7.69 Å². The number of aromatic nitrogens is 1. The summed E-state index contributed by atoms with van der Waals surface area (Å²) in [5.74, 6) is 0.664. The summed E-state index contributed by atoms with van der Waals surface area (Å²) in [6.45, 7) is 0. The van der Waals surface area contributed by atoms with Crippen molar-refractivity contribution in [2.24, 2.45) is 0 Å². The zero-order chi connectivity index (χ0) is 18.9. The topological polar surface area (TPSA) is 34.4 Å². The van der Waals surface area contributed by atoms with Crippen molar-refractivity contribution in [2.75, 3.05) is 0 Å². The van der Waals surface area contributed by atoms with Gasteiger partial charge < -0.3 is 14.2 Å². The Labute approximate surface area is 163 Å². The molecule has 5 aromatic rings. The van der Waals surface area contributed by atoms with Gasteiger partial charge in [-0.3, -0.25) is 0 Å². The van der Waals surface area contributed by atoms with E-state index in [9.17, 15) is 0 Å². The van der Waals surface area contributed by atoms with E-state index in [0.717, 1.165) is 27.5 Å². The minimum atomic E-state index is -0.328. The van der Waals surface area contributed by atoms with Gasteiger partial charge in [0.2, 0.25) is 0 Å². The SMILES string of the molecule is OBOc1ccc2c(c1)c1ccccc1n2-c1ccc(-c2ccccc2)cc1. The van der Waals surface area contributed by atoms with E-state index in [1.54, 1.807) is 0 Å². The van der Waals surface area contributed by atoms with Crippen LogP contribution < -0.4 is 4.65 Å². The van der Waals surface area contributed by atoms with Crippen molar-refractivity contribution in [1.82, 2.24) is 4.57 Å². The lowest BCUT2D eigenvalue weighted by atomic mass is 10.1. The highest BCUT2D eigenvalue weighted by Gasteiger charge is 2.13. The molecular formula is C24H18BNO2. The largest absolute Gasteiger partial charge is 0.539 e. The molecule has 0 saturated carbocycles. The van der Waals surface area contributed by atoms with Gasteiger partial charge in [0.25, 0.3) is 0 Å². The molecule has 0 amide bonds. The molecule has 1 aromatic heterocycles. The van der Waals surface area contributed by atoms with Gasteiger partial charge in [-0.1, -0.05) is 60.7 Å². The van der Waals surface area contributed by atoms with Gasteiger partial charge in [-0.25, -0.2) is 0 Å². The Hall–Kier alpha value is -3.50. The summed E-state index contributed by atoms with van der Waals surface area (Å²) in [5.41, 5.74) is 5.78. The van der Waals surface area contributed by atoms with Crippen molar-refractivity contribution in [1.29, 1.82) is 0 Å². The van der Waals surface area contributed by atoms with Crippen molar-refractivity contribution in [3.63, 3.8) is 0 Å². The highest BCUT2D eigenvalue weighted by molar-refractivity contribution is 6.17. The molecule has 0 aliphatic carbocycles. The van der Waals surface area contributed by atoms with E-state index in [1.807, 2.05) is 30.3 Å². The van der Waals surface area contributed by atoms with Crippen LogP contribution in [0.1, 0.15) is 0 Å². The Kier molecular flexibility index (Phi) is 4.11. The van der Waals surface area contributed by atoms with E-state index in [1.165, 1.54) is 11.1 Å². The molecule has 28 heavy (non-hydrogen) atoms. The molecule has 1 heterocycles. The fourth-order valence-electron chi connectivity index (χ4n) is 3.83.